The number of carbonyl (C=O) groups excluding carboxylic acids is 1. The van der Waals surface area contributed by atoms with E-state index in [-0.39, 0.29) is 11.9 Å². The number of hydrogen-bond donors (Lipinski definition) is 1. The van der Waals surface area contributed by atoms with E-state index in [0.29, 0.717) is 22.3 Å². The van der Waals surface area contributed by atoms with Gasteiger partial charge in [-0.1, -0.05) is 60.5 Å². The molecule has 0 saturated heterocycles. The minimum Gasteiger partial charge on any atom is -0.487 e. The first kappa shape index (κ1) is 19.5. The Morgan fingerprint density at radius 1 is 1.19 bits per heavy atom. The van der Waals surface area contributed by atoms with E-state index in [1.807, 2.05) is 29.6 Å². The van der Waals surface area contributed by atoms with E-state index < -0.39 is 0 Å². The summed E-state index contributed by atoms with van der Waals surface area (Å²) in [5.74, 6) is 0.582. The number of para-hydroxylation sites is 1. The molecule has 140 valence electrons. The van der Waals surface area contributed by atoms with Gasteiger partial charge in [0.1, 0.15) is 12.4 Å². The summed E-state index contributed by atoms with van der Waals surface area (Å²) in [5.41, 5.74) is 3.28. The lowest BCUT2D eigenvalue weighted by Gasteiger charge is -2.17. The Kier molecular flexibility index (Phi) is 6.54. The van der Waals surface area contributed by atoms with E-state index in [0.717, 1.165) is 17.5 Å². The average molecular weight is 400 g/mol. The summed E-state index contributed by atoms with van der Waals surface area (Å²) in [7, 11) is 0. The van der Waals surface area contributed by atoms with Crippen molar-refractivity contribution >= 4 is 28.8 Å². The summed E-state index contributed by atoms with van der Waals surface area (Å²) >= 11 is 7.52. The molecule has 0 aliphatic carbocycles. The van der Waals surface area contributed by atoms with Gasteiger partial charge in [-0.3, -0.25) is 4.79 Å². The van der Waals surface area contributed by atoms with Crippen molar-refractivity contribution in [3.8, 4) is 5.75 Å². The van der Waals surface area contributed by atoms with Gasteiger partial charge in [-0.2, -0.15) is 0 Å². The number of amides is 1. The minimum atomic E-state index is -0.0589. The summed E-state index contributed by atoms with van der Waals surface area (Å²) in [6.45, 7) is 4.51. The molecule has 5 heteroatoms. The van der Waals surface area contributed by atoms with Crippen LogP contribution in [0.15, 0.2) is 60.0 Å². The molecule has 1 unspecified atom stereocenters. The van der Waals surface area contributed by atoms with Crippen molar-refractivity contribution in [2.24, 2.45) is 0 Å². The van der Waals surface area contributed by atoms with Crippen LogP contribution in [0.4, 0.5) is 0 Å². The number of carbonyl (C=O) groups is 1. The molecule has 3 aromatic rings. The highest BCUT2D eigenvalue weighted by atomic mass is 35.5. The molecule has 3 rings (SSSR count). The van der Waals surface area contributed by atoms with E-state index in [1.165, 1.54) is 16.9 Å². The number of halogens is 1. The van der Waals surface area contributed by atoms with Crippen molar-refractivity contribution in [2.75, 3.05) is 0 Å². The second-order valence-electron chi connectivity index (χ2n) is 6.38. The van der Waals surface area contributed by atoms with Gasteiger partial charge in [0, 0.05) is 5.56 Å². The van der Waals surface area contributed by atoms with E-state index in [2.05, 4.69) is 43.4 Å². The van der Waals surface area contributed by atoms with Gasteiger partial charge in [-0.25, -0.2) is 0 Å². The number of aryl methyl sites for hydroxylation is 1. The van der Waals surface area contributed by atoms with Crippen LogP contribution in [0.3, 0.4) is 0 Å². The van der Waals surface area contributed by atoms with Crippen molar-refractivity contribution in [2.45, 2.75) is 32.9 Å². The zero-order chi connectivity index (χ0) is 19.2. The van der Waals surface area contributed by atoms with Gasteiger partial charge in [-0.15, -0.1) is 11.3 Å². The van der Waals surface area contributed by atoms with Gasteiger partial charge in [0.05, 0.1) is 15.9 Å². The van der Waals surface area contributed by atoms with Gasteiger partial charge in [-0.05, 0) is 42.5 Å². The Morgan fingerprint density at radius 3 is 2.63 bits per heavy atom. The Bertz CT molecular complexity index is 905. The maximum atomic E-state index is 12.6. The first-order chi connectivity index (χ1) is 13.1. The topological polar surface area (TPSA) is 38.3 Å². The van der Waals surface area contributed by atoms with Crippen molar-refractivity contribution in [1.29, 1.82) is 0 Å². The zero-order valence-electron chi connectivity index (χ0n) is 15.4. The van der Waals surface area contributed by atoms with E-state index in [4.69, 9.17) is 16.3 Å². The van der Waals surface area contributed by atoms with E-state index in [9.17, 15) is 4.79 Å². The van der Waals surface area contributed by atoms with Crippen molar-refractivity contribution < 1.29 is 9.53 Å². The molecule has 0 radical (unpaired) electrons. The minimum absolute atomic E-state index is 0.00280. The average Bonchev–Trinajstić information content (AvgIpc) is 3.15. The molecule has 0 fully saturated rings. The molecule has 0 saturated carbocycles. The molecule has 1 N–H and O–H groups in total. The van der Waals surface area contributed by atoms with E-state index >= 15 is 0 Å². The van der Waals surface area contributed by atoms with Crippen LogP contribution in [0.1, 0.15) is 45.7 Å². The lowest BCUT2D eigenvalue weighted by Crippen LogP contribution is -2.27. The number of thiophene rings is 1. The summed E-state index contributed by atoms with van der Waals surface area (Å²) in [5, 5.41) is 5.65. The molecule has 0 bridgehead atoms. The second-order valence-corrected chi connectivity index (χ2v) is 7.70. The quantitative estimate of drug-likeness (QED) is 0.515. The number of rotatable bonds is 7. The van der Waals surface area contributed by atoms with Crippen LogP contribution in [0.2, 0.25) is 5.02 Å². The standard InChI is InChI=1S/C22H22ClNO2S/c1-3-19(17-10-8-15(2)9-11-17)24-22(25)21-12-16(14-27-21)13-26-20-7-5-4-6-18(20)23/h4-12,14,19H,3,13H2,1-2H3,(H,24,25). The van der Waals surface area contributed by atoms with Gasteiger partial charge in [0.2, 0.25) is 0 Å². The van der Waals surface area contributed by atoms with Crippen LogP contribution in [0, 0.1) is 6.92 Å². The van der Waals surface area contributed by atoms with Crippen LogP contribution in [0.25, 0.3) is 0 Å². The van der Waals surface area contributed by atoms with Crippen LogP contribution in [-0.2, 0) is 6.61 Å². The first-order valence-electron chi connectivity index (χ1n) is 8.89. The summed E-state index contributed by atoms with van der Waals surface area (Å²) in [6.07, 6.45) is 0.836. The smallest absolute Gasteiger partial charge is 0.261 e. The highest BCUT2D eigenvalue weighted by Gasteiger charge is 2.16. The lowest BCUT2D eigenvalue weighted by atomic mass is 10.0. The highest BCUT2D eigenvalue weighted by Crippen LogP contribution is 2.25. The fraction of sp³-hybridized carbons (Fsp3) is 0.227. The number of benzene rings is 2. The monoisotopic (exact) mass is 399 g/mol. The molecular formula is C22H22ClNO2S. The maximum Gasteiger partial charge on any atom is 0.261 e. The van der Waals surface area contributed by atoms with Gasteiger partial charge >= 0.3 is 0 Å². The largest absolute Gasteiger partial charge is 0.487 e. The summed E-state index contributed by atoms with van der Waals surface area (Å²) in [4.78, 5) is 13.3. The number of ether oxygens (including phenoxy) is 1. The van der Waals surface area contributed by atoms with Gasteiger partial charge < -0.3 is 10.1 Å². The molecule has 1 atom stereocenters. The predicted molar refractivity (Wildman–Crippen MR) is 112 cm³/mol. The lowest BCUT2D eigenvalue weighted by molar-refractivity contribution is 0.0939. The van der Waals surface area contributed by atoms with Crippen LogP contribution < -0.4 is 10.1 Å². The van der Waals surface area contributed by atoms with Crippen LogP contribution in [-0.4, -0.2) is 5.91 Å². The molecule has 0 aliphatic rings. The Balaban J connectivity index is 1.62. The Hall–Kier alpha value is -2.30. The highest BCUT2D eigenvalue weighted by molar-refractivity contribution is 7.12. The molecule has 27 heavy (non-hydrogen) atoms. The van der Waals surface area contributed by atoms with Crippen LogP contribution >= 0.6 is 22.9 Å². The van der Waals surface area contributed by atoms with Crippen molar-refractivity contribution in [1.82, 2.24) is 5.32 Å². The SMILES string of the molecule is CCC(NC(=O)c1cc(COc2ccccc2Cl)cs1)c1ccc(C)cc1. The van der Waals surface area contributed by atoms with Crippen molar-refractivity contribution in [3.63, 3.8) is 0 Å². The summed E-state index contributed by atoms with van der Waals surface area (Å²) < 4.78 is 5.74. The molecular weight excluding hydrogens is 378 g/mol. The number of hydrogen-bond acceptors (Lipinski definition) is 3. The van der Waals surface area contributed by atoms with Crippen LogP contribution in [0.5, 0.6) is 5.75 Å². The third-order valence-electron chi connectivity index (χ3n) is 4.30. The molecule has 0 aliphatic heterocycles. The molecule has 1 aromatic heterocycles. The Morgan fingerprint density at radius 2 is 1.93 bits per heavy atom. The third kappa shape index (κ3) is 5.12. The maximum absolute atomic E-state index is 12.6. The molecule has 0 spiro atoms. The zero-order valence-corrected chi connectivity index (χ0v) is 16.9. The number of nitrogens with one attached hydrogen (secondary N) is 1. The molecule has 2 aromatic carbocycles. The first-order valence-corrected chi connectivity index (χ1v) is 10.1. The van der Waals surface area contributed by atoms with Gasteiger partial charge in [0.25, 0.3) is 5.91 Å². The third-order valence-corrected chi connectivity index (χ3v) is 5.59. The van der Waals surface area contributed by atoms with Gasteiger partial charge in [0.15, 0.2) is 0 Å². The summed E-state index contributed by atoms with van der Waals surface area (Å²) in [6, 6.07) is 17.5. The Labute approximate surface area is 169 Å². The predicted octanol–water partition coefficient (Wildman–Crippen LogP) is 6.17. The van der Waals surface area contributed by atoms with Crippen molar-refractivity contribution in [3.05, 3.63) is 86.6 Å². The fourth-order valence-corrected chi connectivity index (χ4v) is 3.73. The fourth-order valence-electron chi connectivity index (χ4n) is 2.74. The molecule has 3 nitrogen and oxygen atoms in total. The van der Waals surface area contributed by atoms with E-state index in [1.54, 1.807) is 6.07 Å². The molecule has 1 amide bonds. The second kappa shape index (κ2) is 9.07. The normalized spacial score (nSPS) is 11.8. The molecule has 1 heterocycles.